The summed E-state index contributed by atoms with van der Waals surface area (Å²) in [5.41, 5.74) is 6.14. The van der Waals surface area contributed by atoms with Gasteiger partial charge in [0.15, 0.2) is 5.76 Å². The summed E-state index contributed by atoms with van der Waals surface area (Å²) < 4.78 is 5.15. The van der Waals surface area contributed by atoms with Gasteiger partial charge in [-0.2, -0.15) is 0 Å². The fourth-order valence-corrected chi connectivity index (χ4v) is 2.11. The Labute approximate surface area is 112 Å². The van der Waals surface area contributed by atoms with Gasteiger partial charge in [0, 0.05) is 11.6 Å². The summed E-state index contributed by atoms with van der Waals surface area (Å²) in [6, 6.07) is 16.8. The van der Waals surface area contributed by atoms with E-state index in [1.54, 1.807) is 6.20 Å². The van der Waals surface area contributed by atoms with Crippen LogP contribution in [0, 0.1) is 13.8 Å². The maximum Gasteiger partial charge on any atom is 0.166 e. The van der Waals surface area contributed by atoms with E-state index in [1.807, 2.05) is 6.07 Å². The molecule has 94 valence electrons. The molecule has 0 bridgehead atoms. The van der Waals surface area contributed by atoms with Gasteiger partial charge in [-0.3, -0.25) is 0 Å². The summed E-state index contributed by atoms with van der Waals surface area (Å²) in [4.78, 5) is 0. The molecule has 0 unspecified atom stereocenters. The van der Waals surface area contributed by atoms with Gasteiger partial charge in [-0.05, 0) is 36.1 Å². The minimum Gasteiger partial charge on any atom is -0.356 e. The largest absolute Gasteiger partial charge is 0.356 e. The molecule has 3 rings (SSSR count). The number of nitrogens with zero attached hydrogens (tertiary/aromatic N) is 1. The van der Waals surface area contributed by atoms with Crippen LogP contribution < -0.4 is 0 Å². The Kier molecular flexibility index (Phi) is 2.92. The average molecular weight is 249 g/mol. The Hall–Kier alpha value is -2.35. The van der Waals surface area contributed by atoms with Crippen molar-refractivity contribution in [2.24, 2.45) is 0 Å². The van der Waals surface area contributed by atoms with E-state index in [0.717, 1.165) is 11.3 Å². The second-order valence-electron chi connectivity index (χ2n) is 4.75. The second kappa shape index (κ2) is 4.73. The molecule has 2 aromatic carbocycles. The van der Waals surface area contributed by atoms with Crippen molar-refractivity contribution in [3.63, 3.8) is 0 Å². The molecule has 0 radical (unpaired) electrons. The lowest BCUT2D eigenvalue weighted by Gasteiger charge is -2.06. The molecule has 0 N–H and O–H groups in total. The Bertz CT molecular complexity index is 682. The lowest BCUT2D eigenvalue weighted by atomic mass is 9.99. The van der Waals surface area contributed by atoms with Crippen LogP contribution >= 0.6 is 0 Å². The highest BCUT2D eigenvalue weighted by molar-refractivity contribution is 5.68. The fraction of sp³-hybridized carbons (Fsp3) is 0.118. The molecule has 2 heteroatoms. The van der Waals surface area contributed by atoms with Crippen molar-refractivity contribution in [1.29, 1.82) is 0 Å². The summed E-state index contributed by atoms with van der Waals surface area (Å²) in [7, 11) is 0. The molecule has 1 heterocycles. The zero-order chi connectivity index (χ0) is 13.2. The molecular formula is C17H15NO. The van der Waals surface area contributed by atoms with Gasteiger partial charge in [0.2, 0.25) is 0 Å². The average Bonchev–Trinajstić information content (AvgIpc) is 2.96. The van der Waals surface area contributed by atoms with E-state index in [0.29, 0.717) is 0 Å². The highest BCUT2D eigenvalue weighted by Crippen LogP contribution is 2.25. The highest BCUT2D eigenvalue weighted by Gasteiger charge is 2.03. The van der Waals surface area contributed by atoms with E-state index in [-0.39, 0.29) is 0 Å². The van der Waals surface area contributed by atoms with Crippen LogP contribution in [0.4, 0.5) is 0 Å². The number of hydrogen-bond acceptors (Lipinski definition) is 2. The fourth-order valence-electron chi connectivity index (χ4n) is 2.11. The number of aromatic nitrogens is 1. The van der Waals surface area contributed by atoms with Crippen molar-refractivity contribution in [1.82, 2.24) is 5.16 Å². The third-order valence-corrected chi connectivity index (χ3v) is 3.45. The summed E-state index contributed by atoms with van der Waals surface area (Å²) in [5, 5.41) is 3.73. The lowest BCUT2D eigenvalue weighted by Crippen LogP contribution is -1.83. The van der Waals surface area contributed by atoms with Gasteiger partial charge in [0.1, 0.15) is 0 Å². The van der Waals surface area contributed by atoms with Crippen LogP contribution in [0.15, 0.2) is 59.3 Å². The van der Waals surface area contributed by atoms with E-state index in [9.17, 15) is 0 Å². The lowest BCUT2D eigenvalue weighted by molar-refractivity contribution is 0.432. The number of hydrogen-bond donors (Lipinski definition) is 0. The predicted octanol–water partition coefficient (Wildman–Crippen LogP) is 4.63. The first kappa shape index (κ1) is 11.7. The molecule has 1 aromatic heterocycles. The predicted molar refractivity (Wildman–Crippen MR) is 76.8 cm³/mol. The van der Waals surface area contributed by atoms with Crippen molar-refractivity contribution in [2.75, 3.05) is 0 Å². The molecule has 19 heavy (non-hydrogen) atoms. The van der Waals surface area contributed by atoms with Gasteiger partial charge in [0.25, 0.3) is 0 Å². The minimum absolute atomic E-state index is 0.798. The maximum atomic E-state index is 5.15. The van der Waals surface area contributed by atoms with Crippen LogP contribution in [0.2, 0.25) is 0 Å². The topological polar surface area (TPSA) is 26.0 Å². The number of rotatable bonds is 2. The molecule has 2 nitrogen and oxygen atoms in total. The number of aryl methyl sites for hydroxylation is 2. The Morgan fingerprint density at radius 2 is 1.42 bits per heavy atom. The van der Waals surface area contributed by atoms with E-state index in [1.165, 1.54) is 22.3 Å². The van der Waals surface area contributed by atoms with Gasteiger partial charge >= 0.3 is 0 Å². The first-order chi connectivity index (χ1) is 9.24. The second-order valence-corrected chi connectivity index (χ2v) is 4.75. The molecule has 0 fully saturated rings. The van der Waals surface area contributed by atoms with Crippen molar-refractivity contribution >= 4 is 0 Å². The van der Waals surface area contributed by atoms with E-state index in [2.05, 4.69) is 61.5 Å². The zero-order valence-corrected chi connectivity index (χ0v) is 11.1. The molecule has 0 aliphatic rings. The third kappa shape index (κ3) is 2.29. The standard InChI is InChI=1S/C17H15NO/c1-12-3-4-16(11-13(12)2)14-5-7-15(8-6-14)17-9-10-18-19-17/h3-11H,1-2H3. The Balaban J connectivity index is 1.96. The van der Waals surface area contributed by atoms with E-state index < -0.39 is 0 Å². The van der Waals surface area contributed by atoms with Gasteiger partial charge < -0.3 is 4.52 Å². The first-order valence-corrected chi connectivity index (χ1v) is 6.33. The summed E-state index contributed by atoms with van der Waals surface area (Å²) in [5.74, 6) is 0.798. The molecular weight excluding hydrogens is 234 g/mol. The van der Waals surface area contributed by atoms with Crippen molar-refractivity contribution < 1.29 is 4.52 Å². The van der Waals surface area contributed by atoms with Crippen LogP contribution in [0.25, 0.3) is 22.5 Å². The van der Waals surface area contributed by atoms with Gasteiger partial charge in [-0.25, -0.2) is 0 Å². The SMILES string of the molecule is Cc1ccc(-c2ccc(-c3ccno3)cc2)cc1C. The van der Waals surface area contributed by atoms with Crippen LogP contribution in [0.5, 0.6) is 0 Å². The van der Waals surface area contributed by atoms with Gasteiger partial charge in [0.05, 0.1) is 6.20 Å². The third-order valence-electron chi connectivity index (χ3n) is 3.45. The molecule has 0 saturated heterocycles. The smallest absolute Gasteiger partial charge is 0.166 e. The zero-order valence-electron chi connectivity index (χ0n) is 11.1. The molecule has 0 atom stereocenters. The molecule has 3 aromatic rings. The Morgan fingerprint density at radius 1 is 0.737 bits per heavy atom. The normalized spacial score (nSPS) is 10.6. The van der Waals surface area contributed by atoms with E-state index in [4.69, 9.17) is 4.52 Å². The molecule has 0 aliphatic carbocycles. The van der Waals surface area contributed by atoms with Crippen LogP contribution in [-0.4, -0.2) is 5.16 Å². The quantitative estimate of drug-likeness (QED) is 0.662. The van der Waals surface area contributed by atoms with E-state index >= 15 is 0 Å². The maximum absolute atomic E-state index is 5.15. The van der Waals surface area contributed by atoms with Crippen molar-refractivity contribution in [3.05, 3.63) is 65.9 Å². The van der Waals surface area contributed by atoms with Crippen molar-refractivity contribution in [3.8, 4) is 22.5 Å². The van der Waals surface area contributed by atoms with Crippen LogP contribution in [-0.2, 0) is 0 Å². The summed E-state index contributed by atoms with van der Waals surface area (Å²) >= 11 is 0. The van der Waals surface area contributed by atoms with Crippen LogP contribution in [0.1, 0.15) is 11.1 Å². The van der Waals surface area contributed by atoms with Crippen LogP contribution in [0.3, 0.4) is 0 Å². The Morgan fingerprint density at radius 3 is 2.05 bits per heavy atom. The summed E-state index contributed by atoms with van der Waals surface area (Å²) in [6.45, 7) is 4.27. The molecule has 0 aliphatic heterocycles. The van der Waals surface area contributed by atoms with Gasteiger partial charge in [-0.1, -0.05) is 47.6 Å². The van der Waals surface area contributed by atoms with Gasteiger partial charge in [-0.15, -0.1) is 0 Å². The molecule has 0 spiro atoms. The monoisotopic (exact) mass is 249 g/mol. The van der Waals surface area contributed by atoms with Crippen molar-refractivity contribution in [2.45, 2.75) is 13.8 Å². The summed E-state index contributed by atoms with van der Waals surface area (Å²) in [6.07, 6.45) is 1.66. The minimum atomic E-state index is 0.798. The number of benzene rings is 2. The highest BCUT2D eigenvalue weighted by atomic mass is 16.5. The first-order valence-electron chi connectivity index (χ1n) is 6.33. The molecule has 0 saturated carbocycles. The molecule has 0 amide bonds.